The largest absolute Gasteiger partial charge is 0.478 e. The summed E-state index contributed by atoms with van der Waals surface area (Å²) < 4.78 is 5.42. The van der Waals surface area contributed by atoms with E-state index in [1.54, 1.807) is 0 Å². The second kappa shape index (κ2) is 6.54. The molecule has 0 aromatic carbocycles. The molecular weight excluding hydrogens is 228 g/mol. The van der Waals surface area contributed by atoms with Crippen molar-refractivity contribution >= 4 is 5.95 Å². The van der Waals surface area contributed by atoms with Crippen molar-refractivity contribution in [3.63, 3.8) is 0 Å². The number of aromatic nitrogens is 2. The molecule has 0 saturated carbocycles. The van der Waals surface area contributed by atoms with Gasteiger partial charge in [-0.25, -0.2) is 4.98 Å². The first-order valence-corrected chi connectivity index (χ1v) is 6.71. The van der Waals surface area contributed by atoms with Crippen LogP contribution in [0.15, 0.2) is 6.07 Å². The second-order valence-corrected chi connectivity index (χ2v) is 4.70. The van der Waals surface area contributed by atoms with Gasteiger partial charge in [-0.1, -0.05) is 0 Å². The smallest absolute Gasteiger partial charge is 0.226 e. The van der Waals surface area contributed by atoms with Gasteiger partial charge in [0.2, 0.25) is 11.8 Å². The average molecular weight is 250 g/mol. The van der Waals surface area contributed by atoms with Crippen LogP contribution < -0.4 is 15.4 Å². The summed E-state index contributed by atoms with van der Waals surface area (Å²) in [7, 11) is 0. The van der Waals surface area contributed by atoms with Gasteiger partial charge in [0.15, 0.2) is 0 Å². The van der Waals surface area contributed by atoms with E-state index < -0.39 is 0 Å². The number of piperidine rings is 1. The molecule has 1 saturated heterocycles. The van der Waals surface area contributed by atoms with E-state index in [0.29, 0.717) is 24.4 Å². The van der Waals surface area contributed by atoms with Crippen LogP contribution in [0.4, 0.5) is 5.95 Å². The molecule has 18 heavy (non-hydrogen) atoms. The van der Waals surface area contributed by atoms with Gasteiger partial charge in [-0.05, 0) is 45.7 Å². The zero-order chi connectivity index (χ0) is 12.8. The van der Waals surface area contributed by atoms with E-state index in [0.717, 1.165) is 25.3 Å². The molecule has 1 aliphatic rings. The Bertz CT molecular complexity index is 377. The fraction of sp³-hybridized carbons (Fsp3) is 0.692. The Hall–Kier alpha value is -1.36. The molecule has 1 aromatic rings. The van der Waals surface area contributed by atoms with E-state index in [1.165, 1.54) is 12.8 Å². The summed E-state index contributed by atoms with van der Waals surface area (Å²) in [6, 6.07) is 1.86. The fourth-order valence-corrected chi connectivity index (χ4v) is 2.17. The predicted octanol–water partition coefficient (Wildman–Crippen LogP) is 1.60. The molecule has 1 aliphatic heterocycles. The van der Waals surface area contributed by atoms with Crippen molar-refractivity contribution in [3.05, 3.63) is 11.8 Å². The topological polar surface area (TPSA) is 59.1 Å². The van der Waals surface area contributed by atoms with E-state index in [1.807, 2.05) is 19.9 Å². The average Bonchev–Trinajstić information content (AvgIpc) is 2.37. The quantitative estimate of drug-likeness (QED) is 0.831. The summed E-state index contributed by atoms with van der Waals surface area (Å²) >= 11 is 0. The molecule has 5 nitrogen and oxygen atoms in total. The van der Waals surface area contributed by atoms with Gasteiger partial charge in [0, 0.05) is 18.3 Å². The van der Waals surface area contributed by atoms with Gasteiger partial charge in [-0.15, -0.1) is 0 Å². The molecular formula is C13H22N4O. The minimum absolute atomic E-state index is 0.627. The molecule has 0 radical (unpaired) electrons. The molecule has 1 aromatic heterocycles. The third-order valence-electron chi connectivity index (χ3n) is 3.07. The summed E-state index contributed by atoms with van der Waals surface area (Å²) in [5.41, 5.74) is 0.928. The normalized spacial score (nSPS) is 19.6. The highest BCUT2D eigenvalue weighted by molar-refractivity contribution is 5.30. The predicted molar refractivity (Wildman–Crippen MR) is 72.0 cm³/mol. The first-order chi connectivity index (χ1) is 8.78. The van der Waals surface area contributed by atoms with Crippen LogP contribution >= 0.6 is 0 Å². The molecule has 100 valence electrons. The molecule has 2 heterocycles. The first-order valence-electron chi connectivity index (χ1n) is 6.71. The van der Waals surface area contributed by atoms with E-state index in [-0.39, 0.29) is 0 Å². The zero-order valence-corrected chi connectivity index (χ0v) is 11.2. The lowest BCUT2D eigenvalue weighted by Crippen LogP contribution is -2.33. The summed E-state index contributed by atoms with van der Waals surface area (Å²) in [6.45, 7) is 7.68. The highest BCUT2D eigenvalue weighted by Gasteiger charge is 2.13. The maximum atomic E-state index is 5.42. The Morgan fingerprint density at radius 2 is 2.39 bits per heavy atom. The summed E-state index contributed by atoms with van der Waals surface area (Å²) in [6.07, 6.45) is 2.52. The van der Waals surface area contributed by atoms with Crippen molar-refractivity contribution in [2.24, 2.45) is 5.92 Å². The number of nitrogens with one attached hydrogen (secondary N) is 2. The number of hydrogen-bond acceptors (Lipinski definition) is 5. The molecule has 1 atom stereocenters. The van der Waals surface area contributed by atoms with Gasteiger partial charge < -0.3 is 15.4 Å². The minimum Gasteiger partial charge on any atom is -0.478 e. The molecule has 1 unspecified atom stereocenters. The Morgan fingerprint density at radius 3 is 3.11 bits per heavy atom. The van der Waals surface area contributed by atoms with E-state index in [2.05, 4.69) is 20.6 Å². The van der Waals surface area contributed by atoms with Crippen LogP contribution in [0.2, 0.25) is 0 Å². The third kappa shape index (κ3) is 3.84. The van der Waals surface area contributed by atoms with Crippen molar-refractivity contribution in [2.75, 3.05) is 31.6 Å². The minimum atomic E-state index is 0.627. The van der Waals surface area contributed by atoms with Crippen LogP contribution in [-0.4, -0.2) is 36.2 Å². The number of aryl methyl sites for hydroxylation is 1. The van der Waals surface area contributed by atoms with Crippen molar-refractivity contribution < 1.29 is 4.74 Å². The lowest BCUT2D eigenvalue weighted by atomic mass is 10.00. The van der Waals surface area contributed by atoms with Crippen LogP contribution in [0.25, 0.3) is 0 Å². The van der Waals surface area contributed by atoms with Crippen LogP contribution in [-0.2, 0) is 0 Å². The molecule has 0 bridgehead atoms. The molecule has 2 N–H and O–H groups in total. The Morgan fingerprint density at radius 1 is 1.50 bits per heavy atom. The lowest BCUT2D eigenvalue weighted by molar-refractivity contribution is 0.326. The number of rotatable bonds is 5. The van der Waals surface area contributed by atoms with Gasteiger partial charge in [-0.3, -0.25) is 0 Å². The van der Waals surface area contributed by atoms with Gasteiger partial charge in [-0.2, -0.15) is 4.98 Å². The third-order valence-corrected chi connectivity index (χ3v) is 3.07. The zero-order valence-electron chi connectivity index (χ0n) is 11.2. The number of ether oxygens (including phenoxy) is 1. The summed E-state index contributed by atoms with van der Waals surface area (Å²) in [5.74, 6) is 1.98. The van der Waals surface area contributed by atoms with Crippen molar-refractivity contribution in [1.29, 1.82) is 0 Å². The Balaban J connectivity index is 1.91. The van der Waals surface area contributed by atoms with Crippen molar-refractivity contribution in [3.8, 4) is 5.88 Å². The van der Waals surface area contributed by atoms with Gasteiger partial charge in [0.1, 0.15) is 0 Å². The molecule has 5 heteroatoms. The van der Waals surface area contributed by atoms with Gasteiger partial charge >= 0.3 is 0 Å². The molecule has 0 amide bonds. The number of nitrogens with zero attached hydrogens (tertiary/aromatic N) is 2. The number of anilines is 1. The summed E-state index contributed by atoms with van der Waals surface area (Å²) in [4.78, 5) is 8.72. The Kier molecular flexibility index (Phi) is 4.75. The van der Waals surface area contributed by atoms with E-state index >= 15 is 0 Å². The first kappa shape index (κ1) is 13.1. The monoisotopic (exact) mass is 250 g/mol. The van der Waals surface area contributed by atoms with Gasteiger partial charge in [0.05, 0.1) is 6.61 Å². The van der Waals surface area contributed by atoms with Crippen molar-refractivity contribution in [2.45, 2.75) is 26.7 Å². The maximum absolute atomic E-state index is 5.42. The molecule has 2 rings (SSSR count). The fourth-order valence-electron chi connectivity index (χ4n) is 2.17. The van der Waals surface area contributed by atoms with Crippen LogP contribution in [0, 0.1) is 12.8 Å². The molecule has 1 fully saturated rings. The highest BCUT2D eigenvalue weighted by atomic mass is 16.5. The summed E-state index contributed by atoms with van der Waals surface area (Å²) in [5, 5.41) is 6.72. The van der Waals surface area contributed by atoms with E-state index in [4.69, 9.17) is 4.74 Å². The second-order valence-electron chi connectivity index (χ2n) is 4.70. The Labute approximate surface area is 108 Å². The van der Waals surface area contributed by atoms with Crippen LogP contribution in [0.1, 0.15) is 25.5 Å². The number of hydrogen-bond donors (Lipinski definition) is 2. The standard InChI is InChI=1S/C13H22N4O/c1-3-18-12-7-10(2)16-13(17-12)15-9-11-5-4-6-14-8-11/h7,11,14H,3-6,8-9H2,1-2H3,(H,15,16,17). The highest BCUT2D eigenvalue weighted by Crippen LogP contribution is 2.14. The van der Waals surface area contributed by atoms with Crippen LogP contribution in [0.3, 0.4) is 0 Å². The molecule has 0 spiro atoms. The SMILES string of the molecule is CCOc1cc(C)nc(NCC2CCCNC2)n1. The van der Waals surface area contributed by atoms with Crippen LogP contribution in [0.5, 0.6) is 5.88 Å². The molecule has 0 aliphatic carbocycles. The lowest BCUT2D eigenvalue weighted by Gasteiger charge is -2.22. The van der Waals surface area contributed by atoms with E-state index in [9.17, 15) is 0 Å². The van der Waals surface area contributed by atoms with Crippen molar-refractivity contribution in [1.82, 2.24) is 15.3 Å². The maximum Gasteiger partial charge on any atom is 0.226 e. The van der Waals surface area contributed by atoms with Gasteiger partial charge in [0.25, 0.3) is 0 Å².